The van der Waals surface area contributed by atoms with Crippen molar-refractivity contribution in [2.75, 3.05) is 31.6 Å². The Bertz CT molecular complexity index is 919. The number of benzene rings is 2. The van der Waals surface area contributed by atoms with Gasteiger partial charge >= 0.3 is 0 Å². The number of thiocarbonyl (C=S) groups is 1. The summed E-state index contributed by atoms with van der Waals surface area (Å²) in [4.78, 5) is 26.4. The molecule has 2 N–H and O–H groups in total. The highest BCUT2D eigenvalue weighted by Gasteiger charge is 2.18. The molecule has 0 aromatic heterocycles. The molecule has 1 fully saturated rings. The molecule has 0 saturated carbocycles. The van der Waals surface area contributed by atoms with Crippen LogP contribution in [0.25, 0.3) is 6.08 Å². The van der Waals surface area contributed by atoms with Gasteiger partial charge in [-0.3, -0.25) is 14.9 Å². The average molecular weight is 410 g/mol. The first kappa shape index (κ1) is 20.7. The molecule has 0 aliphatic carbocycles. The van der Waals surface area contributed by atoms with Crippen molar-refractivity contribution in [2.24, 2.45) is 0 Å². The average Bonchev–Trinajstić information content (AvgIpc) is 2.73. The summed E-state index contributed by atoms with van der Waals surface area (Å²) in [5, 5.41) is 5.72. The lowest BCUT2D eigenvalue weighted by atomic mass is 10.1. The second-order valence-electron chi connectivity index (χ2n) is 6.67. The number of ether oxygens (including phenoxy) is 1. The van der Waals surface area contributed by atoms with Gasteiger partial charge in [0.2, 0.25) is 5.91 Å². The van der Waals surface area contributed by atoms with Gasteiger partial charge in [0.1, 0.15) is 0 Å². The fraction of sp³-hybridized carbons (Fsp3) is 0.227. The number of hydrogen-bond acceptors (Lipinski definition) is 4. The zero-order valence-corrected chi connectivity index (χ0v) is 17.0. The molecule has 3 rings (SSSR count). The maximum atomic E-state index is 12.6. The molecule has 6 nitrogen and oxygen atoms in total. The van der Waals surface area contributed by atoms with Crippen LogP contribution in [0.2, 0.25) is 0 Å². The molecule has 1 aliphatic heterocycles. The SMILES string of the molecule is Cc1ccc(/C=C/C(=O)NC(=S)Nc2cccc(C(=O)N3CCOCC3)c2)cc1. The molecule has 150 valence electrons. The van der Waals surface area contributed by atoms with Crippen LogP contribution in [-0.2, 0) is 9.53 Å². The van der Waals surface area contributed by atoms with E-state index in [0.29, 0.717) is 37.6 Å². The van der Waals surface area contributed by atoms with Crippen molar-refractivity contribution in [2.45, 2.75) is 6.92 Å². The lowest BCUT2D eigenvalue weighted by Gasteiger charge is -2.27. The Kier molecular flexibility index (Phi) is 7.10. The summed E-state index contributed by atoms with van der Waals surface area (Å²) in [6.07, 6.45) is 3.15. The van der Waals surface area contributed by atoms with Crippen LogP contribution in [0.15, 0.2) is 54.6 Å². The Labute approximate surface area is 175 Å². The van der Waals surface area contributed by atoms with E-state index >= 15 is 0 Å². The van der Waals surface area contributed by atoms with Crippen LogP contribution in [0.1, 0.15) is 21.5 Å². The van der Waals surface area contributed by atoms with Crippen molar-refractivity contribution in [3.8, 4) is 0 Å². The second-order valence-corrected chi connectivity index (χ2v) is 7.08. The predicted octanol–water partition coefficient (Wildman–Crippen LogP) is 2.99. The lowest BCUT2D eigenvalue weighted by Crippen LogP contribution is -2.40. The summed E-state index contributed by atoms with van der Waals surface area (Å²) in [5.74, 6) is -0.378. The van der Waals surface area contributed by atoms with E-state index in [4.69, 9.17) is 17.0 Å². The highest BCUT2D eigenvalue weighted by molar-refractivity contribution is 7.80. The normalized spacial score (nSPS) is 13.9. The van der Waals surface area contributed by atoms with Crippen LogP contribution in [-0.4, -0.2) is 48.1 Å². The van der Waals surface area contributed by atoms with Gasteiger partial charge in [-0.15, -0.1) is 0 Å². The van der Waals surface area contributed by atoms with E-state index in [1.54, 1.807) is 35.2 Å². The third-order valence-corrected chi connectivity index (χ3v) is 4.61. The largest absolute Gasteiger partial charge is 0.378 e. The minimum atomic E-state index is -0.330. The van der Waals surface area contributed by atoms with E-state index in [-0.39, 0.29) is 16.9 Å². The first-order valence-electron chi connectivity index (χ1n) is 9.35. The maximum absolute atomic E-state index is 12.6. The van der Waals surface area contributed by atoms with Gasteiger partial charge in [0.25, 0.3) is 5.91 Å². The number of morpholine rings is 1. The van der Waals surface area contributed by atoms with Gasteiger partial charge in [0, 0.05) is 30.4 Å². The number of amides is 2. The van der Waals surface area contributed by atoms with E-state index in [1.807, 2.05) is 31.2 Å². The van der Waals surface area contributed by atoms with Gasteiger partial charge in [0.15, 0.2) is 5.11 Å². The maximum Gasteiger partial charge on any atom is 0.254 e. The number of rotatable bonds is 4. The number of nitrogens with one attached hydrogen (secondary N) is 2. The molecule has 7 heteroatoms. The quantitative estimate of drug-likeness (QED) is 0.600. The molecular formula is C22H23N3O3S. The van der Waals surface area contributed by atoms with Crippen LogP contribution in [0.3, 0.4) is 0 Å². The van der Waals surface area contributed by atoms with Crippen LogP contribution in [0.5, 0.6) is 0 Å². The number of carbonyl (C=O) groups is 2. The topological polar surface area (TPSA) is 70.7 Å². The Morgan fingerprint density at radius 3 is 2.55 bits per heavy atom. The van der Waals surface area contributed by atoms with Crippen molar-refractivity contribution in [1.29, 1.82) is 0 Å². The molecule has 0 unspecified atom stereocenters. The molecule has 1 aliphatic rings. The molecule has 2 amide bonds. The predicted molar refractivity (Wildman–Crippen MR) is 118 cm³/mol. The summed E-state index contributed by atoms with van der Waals surface area (Å²) in [5.41, 5.74) is 3.28. The Hall–Kier alpha value is -3.03. The van der Waals surface area contributed by atoms with Gasteiger partial charge in [-0.1, -0.05) is 35.9 Å². The fourth-order valence-corrected chi connectivity index (χ4v) is 3.06. The van der Waals surface area contributed by atoms with Crippen LogP contribution >= 0.6 is 12.2 Å². The Balaban J connectivity index is 1.55. The molecule has 0 atom stereocenters. The van der Waals surface area contributed by atoms with Crippen molar-refractivity contribution < 1.29 is 14.3 Å². The van der Waals surface area contributed by atoms with Gasteiger partial charge in [-0.25, -0.2) is 0 Å². The van der Waals surface area contributed by atoms with Crippen molar-refractivity contribution in [1.82, 2.24) is 10.2 Å². The first-order valence-corrected chi connectivity index (χ1v) is 9.76. The van der Waals surface area contributed by atoms with E-state index in [0.717, 1.165) is 11.1 Å². The van der Waals surface area contributed by atoms with Gasteiger partial charge in [0.05, 0.1) is 13.2 Å². The minimum absolute atomic E-state index is 0.0482. The second kappa shape index (κ2) is 9.95. The number of nitrogens with zero attached hydrogens (tertiary/aromatic N) is 1. The summed E-state index contributed by atoms with van der Waals surface area (Å²) in [7, 11) is 0. The summed E-state index contributed by atoms with van der Waals surface area (Å²) < 4.78 is 5.28. The number of carbonyl (C=O) groups excluding carboxylic acids is 2. The monoisotopic (exact) mass is 409 g/mol. The van der Waals surface area contributed by atoms with E-state index in [2.05, 4.69) is 10.6 Å². The summed E-state index contributed by atoms with van der Waals surface area (Å²) in [6, 6.07) is 14.9. The standard InChI is InChI=1S/C22H23N3O3S/c1-16-5-7-17(8-6-16)9-10-20(26)24-22(29)23-19-4-2-3-18(15-19)21(27)25-11-13-28-14-12-25/h2-10,15H,11-14H2,1H3,(H2,23,24,26,29)/b10-9+. The highest BCUT2D eigenvalue weighted by atomic mass is 32.1. The third-order valence-electron chi connectivity index (χ3n) is 4.41. The molecule has 1 saturated heterocycles. The molecular weight excluding hydrogens is 386 g/mol. The minimum Gasteiger partial charge on any atom is -0.378 e. The van der Waals surface area contributed by atoms with Crippen LogP contribution in [0.4, 0.5) is 5.69 Å². The van der Waals surface area contributed by atoms with Crippen LogP contribution in [0, 0.1) is 6.92 Å². The zero-order valence-electron chi connectivity index (χ0n) is 16.2. The van der Waals surface area contributed by atoms with E-state index < -0.39 is 0 Å². The molecule has 0 spiro atoms. The van der Waals surface area contributed by atoms with Crippen LogP contribution < -0.4 is 10.6 Å². The smallest absolute Gasteiger partial charge is 0.254 e. The van der Waals surface area contributed by atoms with Gasteiger partial charge in [-0.2, -0.15) is 0 Å². The van der Waals surface area contributed by atoms with Gasteiger partial charge in [-0.05, 0) is 49.0 Å². The molecule has 1 heterocycles. The summed E-state index contributed by atoms with van der Waals surface area (Å²) >= 11 is 5.21. The Morgan fingerprint density at radius 1 is 1.10 bits per heavy atom. The first-order chi connectivity index (χ1) is 14.0. The lowest BCUT2D eigenvalue weighted by molar-refractivity contribution is -0.115. The number of hydrogen-bond donors (Lipinski definition) is 2. The van der Waals surface area contributed by atoms with Crippen molar-refractivity contribution >= 4 is 40.9 Å². The molecule has 2 aromatic rings. The van der Waals surface area contributed by atoms with Gasteiger partial charge < -0.3 is 15.0 Å². The van der Waals surface area contributed by atoms with E-state index in [1.165, 1.54) is 6.08 Å². The summed E-state index contributed by atoms with van der Waals surface area (Å²) in [6.45, 7) is 4.27. The van der Waals surface area contributed by atoms with Crippen molar-refractivity contribution in [3.05, 3.63) is 71.3 Å². The van der Waals surface area contributed by atoms with Crippen molar-refractivity contribution in [3.63, 3.8) is 0 Å². The molecule has 0 bridgehead atoms. The molecule has 29 heavy (non-hydrogen) atoms. The van der Waals surface area contributed by atoms with E-state index in [9.17, 15) is 9.59 Å². The number of anilines is 1. The fourth-order valence-electron chi connectivity index (χ4n) is 2.84. The highest BCUT2D eigenvalue weighted by Crippen LogP contribution is 2.14. The third kappa shape index (κ3) is 6.23. The molecule has 2 aromatic carbocycles. The zero-order chi connectivity index (χ0) is 20.6. The molecule has 0 radical (unpaired) electrons. The number of aryl methyl sites for hydroxylation is 1. The Morgan fingerprint density at radius 2 is 1.83 bits per heavy atom.